The van der Waals surface area contributed by atoms with Gasteiger partial charge in [-0.05, 0) is 25.1 Å². The maximum Gasteiger partial charge on any atom is 0.258 e. The number of H-pyrrole nitrogens is 1. The molecule has 0 atom stereocenters. The Kier molecular flexibility index (Phi) is 4.37. The third-order valence-corrected chi connectivity index (χ3v) is 3.77. The number of aryl methyl sites for hydroxylation is 1. The number of anilines is 1. The number of ether oxygens (including phenoxy) is 2. The number of rotatable bonds is 5. The molecular formula is C18H19N3O3. The molecule has 0 aliphatic carbocycles. The van der Waals surface area contributed by atoms with Gasteiger partial charge in [0, 0.05) is 11.8 Å². The summed E-state index contributed by atoms with van der Waals surface area (Å²) in [6, 6.07) is 11.4. The Balaban J connectivity index is 1.92. The van der Waals surface area contributed by atoms with Gasteiger partial charge in [-0.25, -0.2) is 4.98 Å². The molecule has 6 nitrogen and oxygen atoms in total. The van der Waals surface area contributed by atoms with E-state index < -0.39 is 0 Å². The molecule has 0 spiro atoms. The van der Waals surface area contributed by atoms with E-state index in [9.17, 15) is 4.79 Å². The molecule has 3 rings (SSSR count). The molecule has 0 saturated heterocycles. The minimum Gasteiger partial charge on any atom is -0.493 e. The number of benzene rings is 2. The van der Waals surface area contributed by atoms with E-state index >= 15 is 0 Å². The largest absolute Gasteiger partial charge is 0.493 e. The Morgan fingerprint density at radius 2 is 1.75 bits per heavy atom. The zero-order valence-electron chi connectivity index (χ0n) is 13.8. The molecule has 2 N–H and O–H groups in total. The Morgan fingerprint density at radius 1 is 1.08 bits per heavy atom. The SMILES string of the molecule is COc1cc2nc(CNc3ccc(C)cc3)[nH]c(=O)c2cc1OC. The molecule has 1 heterocycles. The Morgan fingerprint density at radius 3 is 2.42 bits per heavy atom. The van der Waals surface area contributed by atoms with E-state index in [0.717, 1.165) is 5.69 Å². The summed E-state index contributed by atoms with van der Waals surface area (Å²) in [5.74, 6) is 1.60. The van der Waals surface area contributed by atoms with Crippen molar-refractivity contribution < 1.29 is 9.47 Å². The highest BCUT2D eigenvalue weighted by atomic mass is 16.5. The highest BCUT2D eigenvalue weighted by molar-refractivity contribution is 5.81. The summed E-state index contributed by atoms with van der Waals surface area (Å²) >= 11 is 0. The van der Waals surface area contributed by atoms with Crippen LogP contribution in [0.5, 0.6) is 11.5 Å². The van der Waals surface area contributed by atoms with Crippen LogP contribution in [-0.2, 0) is 6.54 Å². The van der Waals surface area contributed by atoms with Crippen molar-refractivity contribution in [2.45, 2.75) is 13.5 Å². The van der Waals surface area contributed by atoms with Crippen molar-refractivity contribution in [3.8, 4) is 11.5 Å². The second kappa shape index (κ2) is 6.62. The first-order chi connectivity index (χ1) is 11.6. The molecular weight excluding hydrogens is 306 g/mol. The normalized spacial score (nSPS) is 10.6. The van der Waals surface area contributed by atoms with E-state index in [0.29, 0.717) is 34.8 Å². The van der Waals surface area contributed by atoms with E-state index in [1.54, 1.807) is 19.2 Å². The van der Waals surface area contributed by atoms with Crippen LogP contribution in [0.2, 0.25) is 0 Å². The number of hydrogen-bond acceptors (Lipinski definition) is 5. The van der Waals surface area contributed by atoms with Crippen molar-refractivity contribution in [1.29, 1.82) is 0 Å². The third kappa shape index (κ3) is 3.17. The number of nitrogens with one attached hydrogen (secondary N) is 2. The second-order valence-electron chi connectivity index (χ2n) is 5.46. The fraction of sp³-hybridized carbons (Fsp3) is 0.222. The first-order valence-corrected chi connectivity index (χ1v) is 7.56. The lowest BCUT2D eigenvalue weighted by atomic mass is 10.2. The quantitative estimate of drug-likeness (QED) is 0.754. The molecule has 0 radical (unpaired) electrons. The number of methoxy groups -OCH3 is 2. The van der Waals surface area contributed by atoms with Crippen LogP contribution in [-0.4, -0.2) is 24.2 Å². The predicted octanol–water partition coefficient (Wildman–Crippen LogP) is 2.86. The lowest BCUT2D eigenvalue weighted by Gasteiger charge is -2.10. The minimum absolute atomic E-state index is 0.207. The zero-order valence-corrected chi connectivity index (χ0v) is 13.8. The van der Waals surface area contributed by atoms with Gasteiger partial charge in [0.05, 0.1) is 31.7 Å². The van der Waals surface area contributed by atoms with Crippen molar-refractivity contribution in [3.63, 3.8) is 0 Å². The van der Waals surface area contributed by atoms with Gasteiger partial charge in [-0.3, -0.25) is 4.79 Å². The fourth-order valence-corrected chi connectivity index (χ4v) is 2.46. The zero-order chi connectivity index (χ0) is 17.1. The number of nitrogens with zero attached hydrogens (tertiary/aromatic N) is 1. The Hall–Kier alpha value is -3.02. The highest BCUT2D eigenvalue weighted by Crippen LogP contribution is 2.29. The average Bonchev–Trinajstić information content (AvgIpc) is 2.60. The minimum atomic E-state index is -0.207. The molecule has 0 aliphatic heterocycles. The van der Waals surface area contributed by atoms with E-state index in [1.807, 2.05) is 31.2 Å². The van der Waals surface area contributed by atoms with E-state index in [4.69, 9.17) is 9.47 Å². The summed E-state index contributed by atoms with van der Waals surface area (Å²) in [6.07, 6.45) is 0. The molecule has 0 amide bonds. The van der Waals surface area contributed by atoms with Gasteiger partial charge in [-0.1, -0.05) is 17.7 Å². The van der Waals surface area contributed by atoms with Crippen LogP contribution in [0.4, 0.5) is 5.69 Å². The van der Waals surface area contributed by atoms with Crippen molar-refractivity contribution >= 4 is 16.6 Å². The van der Waals surface area contributed by atoms with E-state index in [1.165, 1.54) is 12.7 Å². The van der Waals surface area contributed by atoms with Crippen molar-refractivity contribution in [2.24, 2.45) is 0 Å². The lowest BCUT2D eigenvalue weighted by molar-refractivity contribution is 0.355. The molecule has 24 heavy (non-hydrogen) atoms. The summed E-state index contributed by atoms with van der Waals surface area (Å²) < 4.78 is 10.5. The van der Waals surface area contributed by atoms with Gasteiger partial charge in [-0.15, -0.1) is 0 Å². The van der Waals surface area contributed by atoms with E-state index in [-0.39, 0.29) is 5.56 Å². The van der Waals surface area contributed by atoms with Crippen molar-refractivity contribution in [2.75, 3.05) is 19.5 Å². The van der Waals surface area contributed by atoms with Crippen LogP contribution in [0.1, 0.15) is 11.4 Å². The van der Waals surface area contributed by atoms with Crippen LogP contribution in [0.25, 0.3) is 10.9 Å². The van der Waals surface area contributed by atoms with Crippen LogP contribution < -0.4 is 20.3 Å². The van der Waals surface area contributed by atoms with Gasteiger partial charge in [-0.2, -0.15) is 0 Å². The van der Waals surface area contributed by atoms with E-state index in [2.05, 4.69) is 15.3 Å². The molecule has 3 aromatic rings. The summed E-state index contributed by atoms with van der Waals surface area (Å²) in [6.45, 7) is 2.45. The van der Waals surface area contributed by atoms with Crippen LogP contribution in [0, 0.1) is 6.92 Å². The fourth-order valence-electron chi connectivity index (χ4n) is 2.46. The smallest absolute Gasteiger partial charge is 0.258 e. The van der Waals surface area contributed by atoms with Crippen LogP contribution in [0.3, 0.4) is 0 Å². The number of fused-ring (bicyclic) bond motifs is 1. The lowest BCUT2D eigenvalue weighted by Crippen LogP contribution is -2.14. The Bertz CT molecular complexity index is 917. The standard InChI is InChI=1S/C18H19N3O3/c1-11-4-6-12(7-5-11)19-10-17-20-14-9-16(24-3)15(23-2)8-13(14)18(22)21-17/h4-9,19H,10H2,1-3H3,(H,20,21,22). The number of hydrogen-bond donors (Lipinski definition) is 2. The van der Waals surface area contributed by atoms with Gasteiger partial charge in [0.1, 0.15) is 5.82 Å². The molecule has 2 aromatic carbocycles. The average molecular weight is 325 g/mol. The van der Waals surface area contributed by atoms with Gasteiger partial charge in [0.15, 0.2) is 11.5 Å². The third-order valence-electron chi connectivity index (χ3n) is 3.77. The molecule has 1 aromatic heterocycles. The predicted molar refractivity (Wildman–Crippen MR) is 94.0 cm³/mol. The highest BCUT2D eigenvalue weighted by Gasteiger charge is 2.10. The van der Waals surface area contributed by atoms with Gasteiger partial charge >= 0.3 is 0 Å². The summed E-state index contributed by atoms with van der Waals surface area (Å²) in [5, 5.41) is 3.71. The molecule has 0 bridgehead atoms. The molecule has 6 heteroatoms. The summed E-state index contributed by atoms with van der Waals surface area (Å²) in [7, 11) is 3.09. The molecule has 124 valence electrons. The van der Waals surface area contributed by atoms with Gasteiger partial charge in [0.2, 0.25) is 0 Å². The first-order valence-electron chi connectivity index (χ1n) is 7.56. The summed E-state index contributed by atoms with van der Waals surface area (Å²) in [4.78, 5) is 19.6. The molecule has 0 fully saturated rings. The first kappa shape index (κ1) is 15.9. The topological polar surface area (TPSA) is 76.2 Å². The molecule has 0 saturated carbocycles. The van der Waals surface area contributed by atoms with Gasteiger partial charge < -0.3 is 19.8 Å². The Labute approximate surface area is 139 Å². The monoisotopic (exact) mass is 325 g/mol. The van der Waals surface area contributed by atoms with Crippen LogP contribution in [0.15, 0.2) is 41.2 Å². The molecule has 0 aliphatic rings. The summed E-state index contributed by atoms with van der Waals surface area (Å²) in [5.41, 5.74) is 2.52. The van der Waals surface area contributed by atoms with Crippen LogP contribution >= 0.6 is 0 Å². The number of aromatic amines is 1. The van der Waals surface area contributed by atoms with Crippen molar-refractivity contribution in [1.82, 2.24) is 9.97 Å². The maximum absolute atomic E-state index is 12.3. The van der Waals surface area contributed by atoms with Gasteiger partial charge in [0.25, 0.3) is 5.56 Å². The number of aromatic nitrogens is 2. The van der Waals surface area contributed by atoms with Crippen molar-refractivity contribution in [3.05, 3.63) is 58.1 Å². The molecule has 0 unspecified atom stereocenters. The maximum atomic E-state index is 12.3. The second-order valence-corrected chi connectivity index (χ2v) is 5.46.